The van der Waals surface area contributed by atoms with Crippen molar-refractivity contribution in [2.45, 2.75) is 18.9 Å². The van der Waals surface area contributed by atoms with E-state index in [1.807, 2.05) is 36.4 Å². The van der Waals surface area contributed by atoms with Gasteiger partial charge in [-0.15, -0.1) is 0 Å². The maximum atomic E-state index is 12.0. The van der Waals surface area contributed by atoms with Crippen molar-refractivity contribution in [3.8, 4) is 0 Å². The maximum absolute atomic E-state index is 12.0. The zero-order chi connectivity index (χ0) is 14.6. The topological polar surface area (TPSA) is 35.5 Å². The van der Waals surface area contributed by atoms with Crippen molar-refractivity contribution >= 4 is 27.5 Å². The number of halogens is 1. The summed E-state index contributed by atoms with van der Waals surface area (Å²) in [6.45, 7) is 2.14. The van der Waals surface area contributed by atoms with Crippen molar-refractivity contribution < 1.29 is 14.3 Å². The molecule has 0 radical (unpaired) electrons. The molecule has 0 amide bonds. The molecule has 1 unspecified atom stereocenters. The molecule has 0 aliphatic heterocycles. The zero-order valence-corrected chi connectivity index (χ0v) is 13.1. The molecule has 0 saturated heterocycles. The highest BCUT2D eigenvalue weighted by atomic mass is 79.9. The highest BCUT2D eigenvalue weighted by Crippen LogP contribution is 2.31. The highest BCUT2D eigenvalue weighted by molar-refractivity contribution is 9.10. The average Bonchev–Trinajstić information content (AvgIpc) is 2.47. The minimum absolute atomic E-state index is 0.344. The van der Waals surface area contributed by atoms with Gasteiger partial charge in [-0.2, -0.15) is 0 Å². The quantitative estimate of drug-likeness (QED) is 0.785. The SMILES string of the molecule is CCOC(=O)C1(OC)C=CC(c2cccc(Br)c2)=CC1. The van der Waals surface area contributed by atoms with Crippen molar-refractivity contribution in [2.24, 2.45) is 0 Å². The molecule has 20 heavy (non-hydrogen) atoms. The van der Waals surface area contributed by atoms with E-state index < -0.39 is 5.60 Å². The third-order valence-corrected chi connectivity index (χ3v) is 3.79. The predicted molar refractivity (Wildman–Crippen MR) is 82.2 cm³/mol. The standard InChI is InChI=1S/C16H17BrO3/c1-3-20-15(18)16(19-2)9-7-12(8-10-16)13-5-4-6-14(17)11-13/h4-9,11H,3,10H2,1-2H3. The Morgan fingerprint density at radius 3 is 2.80 bits per heavy atom. The lowest BCUT2D eigenvalue weighted by Gasteiger charge is -2.28. The van der Waals surface area contributed by atoms with Gasteiger partial charge in [0.25, 0.3) is 0 Å². The van der Waals surface area contributed by atoms with Gasteiger partial charge in [0.15, 0.2) is 5.60 Å². The van der Waals surface area contributed by atoms with Gasteiger partial charge in [0, 0.05) is 18.0 Å². The molecule has 1 aromatic rings. The maximum Gasteiger partial charge on any atom is 0.342 e. The average molecular weight is 337 g/mol. The van der Waals surface area contributed by atoms with E-state index in [4.69, 9.17) is 9.47 Å². The Balaban J connectivity index is 2.22. The number of hydrogen-bond donors (Lipinski definition) is 0. The molecule has 0 aromatic heterocycles. The Morgan fingerprint density at radius 2 is 2.25 bits per heavy atom. The molecule has 0 bridgehead atoms. The van der Waals surface area contributed by atoms with E-state index >= 15 is 0 Å². The Bertz CT molecular complexity index is 563. The van der Waals surface area contributed by atoms with Crippen LogP contribution in [0.2, 0.25) is 0 Å². The third-order valence-electron chi connectivity index (χ3n) is 3.30. The van der Waals surface area contributed by atoms with Crippen LogP contribution in [0, 0.1) is 0 Å². The number of methoxy groups -OCH3 is 1. The van der Waals surface area contributed by atoms with Gasteiger partial charge >= 0.3 is 5.97 Å². The van der Waals surface area contributed by atoms with Crippen LogP contribution in [0.1, 0.15) is 18.9 Å². The van der Waals surface area contributed by atoms with Crippen LogP contribution in [0.3, 0.4) is 0 Å². The van der Waals surface area contributed by atoms with E-state index in [0.29, 0.717) is 13.0 Å². The molecule has 3 nitrogen and oxygen atoms in total. The molecular weight excluding hydrogens is 320 g/mol. The summed E-state index contributed by atoms with van der Waals surface area (Å²) < 4.78 is 11.5. The van der Waals surface area contributed by atoms with Crippen LogP contribution in [0.4, 0.5) is 0 Å². The van der Waals surface area contributed by atoms with Gasteiger partial charge in [-0.25, -0.2) is 4.79 Å². The summed E-state index contributed by atoms with van der Waals surface area (Å²) in [4.78, 5) is 12.0. The summed E-state index contributed by atoms with van der Waals surface area (Å²) in [6.07, 6.45) is 6.16. The second-order valence-electron chi connectivity index (χ2n) is 4.52. The molecule has 0 saturated carbocycles. The Labute approximate surface area is 127 Å². The number of carbonyl (C=O) groups is 1. The van der Waals surface area contributed by atoms with Gasteiger partial charge in [0.2, 0.25) is 0 Å². The molecule has 0 heterocycles. The minimum Gasteiger partial charge on any atom is -0.464 e. The van der Waals surface area contributed by atoms with Crippen molar-refractivity contribution in [3.05, 3.63) is 52.5 Å². The lowest BCUT2D eigenvalue weighted by atomic mass is 9.89. The summed E-state index contributed by atoms with van der Waals surface area (Å²) >= 11 is 3.46. The Kier molecular flexibility index (Phi) is 4.78. The zero-order valence-electron chi connectivity index (χ0n) is 11.6. The largest absolute Gasteiger partial charge is 0.464 e. The van der Waals surface area contributed by atoms with Gasteiger partial charge in [-0.3, -0.25) is 0 Å². The molecule has 1 aromatic carbocycles. The molecule has 1 aliphatic rings. The monoisotopic (exact) mass is 336 g/mol. The van der Waals surface area contributed by atoms with E-state index in [0.717, 1.165) is 15.6 Å². The molecule has 1 aliphatic carbocycles. The second kappa shape index (κ2) is 6.37. The molecule has 2 rings (SSSR count). The van der Waals surface area contributed by atoms with Crippen LogP contribution >= 0.6 is 15.9 Å². The number of ether oxygens (including phenoxy) is 2. The first-order valence-corrected chi connectivity index (χ1v) is 7.28. The fourth-order valence-corrected chi connectivity index (χ4v) is 2.54. The lowest BCUT2D eigenvalue weighted by Crippen LogP contribution is -2.40. The van der Waals surface area contributed by atoms with Gasteiger partial charge in [0.05, 0.1) is 6.61 Å². The first kappa shape index (κ1) is 15.0. The molecule has 106 valence electrons. The molecule has 0 spiro atoms. The van der Waals surface area contributed by atoms with Crippen molar-refractivity contribution in [2.75, 3.05) is 13.7 Å². The molecular formula is C16H17BrO3. The Hall–Kier alpha value is -1.39. The number of carbonyl (C=O) groups excluding carboxylic acids is 1. The van der Waals surface area contributed by atoms with Crippen LogP contribution in [0.5, 0.6) is 0 Å². The second-order valence-corrected chi connectivity index (χ2v) is 5.44. The van der Waals surface area contributed by atoms with E-state index in [9.17, 15) is 4.79 Å². The normalized spacial score (nSPS) is 21.4. The van der Waals surface area contributed by atoms with Crippen LogP contribution in [-0.2, 0) is 14.3 Å². The number of esters is 1. The van der Waals surface area contributed by atoms with E-state index in [1.165, 1.54) is 7.11 Å². The number of hydrogen-bond acceptors (Lipinski definition) is 3. The van der Waals surface area contributed by atoms with Crippen molar-refractivity contribution in [3.63, 3.8) is 0 Å². The van der Waals surface area contributed by atoms with Crippen molar-refractivity contribution in [1.82, 2.24) is 0 Å². The fraction of sp³-hybridized carbons (Fsp3) is 0.312. The van der Waals surface area contributed by atoms with Crippen LogP contribution in [0.25, 0.3) is 5.57 Å². The predicted octanol–water partition coefficient (Wildman–Crippen LogP) is 3.74. The number of allylic oxidation sites excluding steroid dienone is 2. The number of benzene rings is 1. The summed E-state index contributed by atoms with van der Waals surface area (Å²) in [5.41, 5.74) is 1.18. The van der Waals surface area contributed by atoms with Gasteiger partial charge < -0.3 is 9.47 Å². The summed E-state index contributed by atoms with van der Waals surface area (Å²) in [5.74, 6) is -0.344. The first-order valence-electron chi connectivity index (χ1n) is 6.49. The van der Waals surface area contributed by atoms with Gasteiger partial charge in [0.1, 0.15) is 0 Å². The summed E-state index contributed by atoms with van der Waals surface area (Å²) in [5, 5.41) is 0. The first-order chi connectivity index (χ1) is 9.61. The summed E-state index contributed by atoms with van der Waals surface area (Å²) in [7, 11) is 1.53. The molecule has 1 atom stereocenters. The minimum atomic E-state index is -0.995. The summed E-state index contributed by atoms with van der Waals surface area (Å²) in [6, 6.07) is 8.04. The fourth-order valence-electron chi connectivity index (χ4n) is 2.14. The lowest BCUT2D eigenvalue weighted by molar-refractivity contribution is -0.162. The Morgan fingerprint density at radius 1 is 1.45 bits per heavy atom. The van der Waals surface area contributed by atoms with E-state index in [1.54, 1.807) is 13.0 Å². The van der Waals surface area contributed by atoms with Crippen LogP contribution in [0.15, 0.2) is 47.0 Å². The molecule has 4 heteroatoms. The molecule has 0 N–H and O–H groups in total. The van der Waals surface area contributed by atoms with Crippen LogP contribution < -0.4 is 0 Å². The smallest absolute Gasteiger partial charge is 0.342 e. The van der Waals surface area contributed by atoms with E-state index in [-0.39, 0.29) is 5.97 Å². The van der Waals surface area contributed by atoms with E-state index in [2.05, 4.69) is 15.9 Å². The molecule has 0 fully saturated rings. The van der Waals surface area contributed by atoms with Gasteiger partial charge in [-0.1, -0.05) is 40.2 Å². The highest BCUT2D eigenvalue weighted by Gasteiger charge is 2.38. The third kappa shape index (κ3) is 3.02. The van der Waals surface area contributed by atoms with Crippen molar-refractivity contribution in [1.29, 1.82) is 0 Å². The van der Waals surface area contributed by atoms with Crippen LogP contribution in [-0.4, -0.2) is 25.3 Å². The van der Waals surface area contributed by atoms with Gasteiger partial charge in [-0.05, 0) is 36.3 Å². The number of rotatable bonds is 4.